The maximum atomic E-state index is 13.7. The van der Waals surface area contributed by atoms with Crippen molar-refractivity contribution in [3.63, 3.8) is 0 Å². The van der Waals surface area contributed by atoms with Crippen LogP contribution in [0.25, 0.3) is 0 Å². The van der Waals surface area contributed by atoms with E-state index >= 15 is 0 Å². The number of nitrogens with one attached hydrogen (secondary N) is 1. The van der Waals surface area contributed by atoms with Gasteiger partial charge in [-0.15, -0.1) is 0 Å². The minimum Gasteiger partial charge on any atom is -0.488 e. The van der Waals surface area contributed by atoms with Crippen LogP contribution in [0, 0.1) is 5.82 Å². The number of ether oxygens (including phenoxy) is 2. The molecular weight excluding hydrogens is 323 g/mol. The molecule has 0 saturated heterocycles. The average Bonchev–Trinajstić information content (AvgIpc) is 2.65. The first-order chi connectivity index (χ1) is 12.1. The maximum absolute atomic E-state index is 13.7. The van der Waals surface area contributed by atoms with Crippen LogP contribution in [-0.2, 0) is 9.53 Å². The van der Waals surface area contributed by atoms with Crippen molar-refractivity contribution in [1.29, 1.82) is 0 Å². The molecule has 0 bridgehead atoms. The van der Waals surface area contributed by atoms with Crippen molar-refractivity contribution >= 4 is 5.91 Å². The lowest BCUT2D eigenvalue weighted by Gasteiger charge is -2.21. The van der Waals surface area contributed by atoms with E-state index in [1.807, 2.05) is 30.3 Å². The number of hydrogen-bond acceptors (Lipinski definition) is 4. The summed E-state index contributed by atoms with van der Waals surface area (Å²) < 4.78 is 24.4. The highest BCUT2D eigenvalue weighted by Gasteiger charge is 2.18. The van der Waals surface area contributed by atoms with Gasteiger partial charge in [0.25, 0.3) is 0 Å². The number of methoxy groups -OCH3 is 1. The highest BCUT2D eigenvalue weighted by atomic mass is 19.1. The molecule has 0 spiro atoms. The summed E-state index contributed by atoms with van der Waals surface area (Å²) in [6.07, 6.45) is -0.195. The van der Waals surface area contributed by atoms with Crippen LogP contribution in [-0.4, -0.2) is 32.3 Å². The second-order valence-electron chi connectivity index (χ2n) is 5.57. The number of amides is 1. The van der Waals surface area contributed by atoms with Crippen molar-refractivity contribution in [2.24, 2.45) is 5.73 Å². The van der Waals surface area contributed by atoms with Crippen molar-refractivity contribution in [2.75, 3.05) is 20.3 Å². The van der Waals surface area contributed by atoms with Gasteiger partial charge < -0.3 is 20.5 Å². The normalized spacial score (nSPS) is 13.1. The number of hydrogen-bond donors (Lipinski definition) is 2. The average molecular weight is 346 g/mol. The number of rotatable bonds is 9. The number of para-hydroxylation sites is 1. The van der Waals surface area contributed by atoms with Gasteiger partial charge in [-0.1, -0.05) is 42.5 Å². The van der Waals surface area contributed by atoms with Crippen LogP contribution in [0.1, 0.15) is 18.0 Å². The van der Waals surface area contributed by atoms with Gasteiger partial charge in [0.15, 0.2) is 11.6 Å². The Bertz CT molecular complexity index is 663. The van der Waals surface area contributed by atoms with Gasteiger partial charge in [0, 0.05) is 13.7 Å². The molecule has 0 heterocycles. The van der Waals surface area contributed by atoms with Gasteiger partial charge in [-0.25, -0.2) is 4.39 Å². The van der Waals surface area contributed by atoms with E-state index in [1.54, 1.807) is 18.2 Å². The summed E-state index contributed by atoms with van der Waals surface area (Å²) in [7, 11) is 1.51. The SMILES string of the molecule is COC(CN)CC(=O)NC(COc1ccccc1F)c1ccccc1. The van der Waals surface area contributed by atoms with E-state index in [2.05, 4.69) is 5.32 Å². The minimum absolute atomic E-state index is 0.108. The summed E-state index contributed by atoms with van der Waals surface area (Å²) in [6.45, 7) is 0.364. The van der Waals surface area contributed by atoms with E-state index in [9.17, 15) is 9.18 Å². The molecule has 0 fully saturated rings. The van der Waals surface area contributed by atoms with Crippen LogP contribution >= 0.6 is 0 Å². The lowest BCUT2D eigenvalue weighted by atomic mass is 10.1. The summed E-state index contributed by atoms with van der Waals surface area (Å²) in [5.41, 5.74) is 6.42. The lowest BCUT2D eigenvalue weighted by molar-refractivity contribution is -0.124. The topological polar surface area (TPSA) is 73.6 Å². The van der Waals surface area contributed by atoms with Crippen molar-refractivity contribution in [1.82, 2.24) is 5.32 Å². The van der Waals surface area contributed by atoms with Crippen LogP contribution in [0.5, 0.6) is 5.75 Å². The molecular formula is C19H23FN2O3. The van der Waals surface area contributed by atoms with Crippen LogP contribution in [0.2, 0.25) is 0 Å². The second kappa shape index (κ2) is 9.76. The lowest BCUT2D eigenvalue weighted by Crippen LogP contribution is -2.36. The number of carbonyl (C=O) groups is 1. The Hall–Kier alpha value is -2.44. The highest BCUT2D eigenvalue weighted by Crippen LogP contribution is 2.19. The quantitative estimate of drug-likeness (QED) is 0.731. The number of nitrogens with two attached hydrogens (primary N) is 1. The first-order valence-corrected chi connectivity index (χ1v) is 8.08. The zero-order valence-corrected chi connectivity index (χ0v) is 14.2. The highest BCUT2D eigenvalue weighted by molar-refractivity contribution is 5.77. The van der Waals surface area contributed by atoms with Gasteiger partial charge in [0.05, 0.1) is 18.6 Å². The summed E-state index contributed by atoms with van der Waals surface area (Å²) in [5, 5.41) is 2.90. The Labute approximate surface area is 146 Å². The Morgan fingerprint density at radius 1 is 1.16 bits per heavy atom. The second-order valence-corrected chi connectivity index (χ2v) is 5.57. The minimum atomic E-state index is -0.441. The molecule has 2 aromatic rings. The third kappa shape index (κ3) is 5.85. The van der Waals surface area contributed by atoms with Gasteiger partial charge >= 0.3 is 0 Å². The Balaban J connectivity index is 2.06. The fraction of sp³-hybridized carbons (Fsp3) is 0.316. The van der Waals surface area contributed by atoms with Crippen LogP contribution < -0.4 is 15.8 Å². The molecule has 0 aliphatic heterocycles. The van der Waals surface area contributed by atoms with Gasteiger partial charge in [-0.05, 0) is 17.7 Å². The first kappa shape index (κ1) is 18.9. The van der Waals surface area contributed by atoms with Crippen LogP contribution in [0.15, 0.2) is 54.6 Å². The Kier molecular flexibility index (Phi) is 7.37. The van der Waals surface area contributed by atoms with Gasteiger partial charge in [0.1, 0.15) is 6.61 Å². The Morgan fingerprint density at radius 3 is 2.48 bits per heavy atom. The number of benzene rings is 2. The molecule has 25 heavy (non-hydrogen) atoms. The molecule has 0 aliphatic rings. The van der Waals surface area contributed by atoms with Crippen molar-refractivity contribution in [3.8, 4) is 5.75 Å². The van der Waals surface area contributed by atoms with Crippen molar-refractivity contribution in [2.45, 2.75) is 18.6 Å². The maximum Gasteiger partial charge on any atom is 0.223 e. The molecule has 5 nitrogen and oxygen atoms in total. The largest absolute Gasteiger partial charge is 0.488 e. The van der Waals surface area contributed by atoms with Crippen molar-refractivity contribution < 1.29 is 18.7 Å². The van der Waals surface area contributed by atoms with Gasteiger partial charge in [0.2, 0.25) is 5.91 Å². The smallest absolute Gasteiger partial charge is 0.223 e. The molecule has 0 aromatic heterocycles. The number of halogens is 1. The van der Waals surface area contributed by atoms with E-state index in [0.29, 0.717) is 0 Å². The molecule has 134 valence electrons. The molecule has 0 saturated carbocycles. The summed E-state index contributed by atoms with van der Waals surface area (Å²) in [4.78, 5) is 12.3. The number of carbonyl (C=O) groups excluding carboxylic acids is 1. The molecule has 2 aromatic carbocycles. The molecule has 3 N–H and O–H groups in total. The monoisotopic (exact) mass is 346 g/mol. The predicted molar refractivity (Wildman–Crippen MR) is 93.7 cm³/mol. The van der Waals surface area contributed by atoms with E-state index < -0.39 is 11.9 Å². The molecule has 1 amide bonds. The van der Waals surface area contributed by atoms with Crippen molar-refractivity contribution in [3.05, 3.63) is 66.0 Å². The zero-order valence-electron chi connectivity index (χ0n) is 14.2. The zero-order chi connectivity index (χ0) is 18.1. The molecule has 2 atom stereocenters. The molecule has 6 heteroatoms. The summed E-state index contributed by atoms with van der Waals surface area (Å²) >= 11 is 0. The van der Waals surface area contributed by atoms with E-state index in [4.69, 9.17) is 15.2 Å². The third-order valence-corrected chi connectivity index (χ3v) is 3.79. The first-order valence-electron chi connectivity index (χ1n) is 8.08. The van der Waals surface area contributed by atoms with E-state index in [0.717, 1.165) is 5.56 Å². The van der Waals surface area contributed by atoms with Gasteiger partial charge in [-0.2, -0.15) is 0 Å². The fourth-order valence-corrected chi connectivity index (χ4v) is 2.36. The standard InChI is InChI=1S/C19H23FN2O3/c1-24-15(12-21)11-19(23)22-17(14-7-3-2-4-8-14)13-25-18-10-6-5-9-16(18)20/h2-10,15,17H,11-13,21H2,1H3,(H,22,23). The van der Waals surface area contributed by atoms with Gasteiger partial charge in [-0.3, -0.25) is 4.79 Å². The summed E-state index contributed by atoms with van der Waals surface area (Å²) in [5.74, 6) is -0.499. The fourth-order valence-electron chi connectivity index (χ4n) is 2.36. The molecule has 2 unspecified atom stereocenters. The molecule has 2 rings (SSSR count). The molecule has 0 aliphatic carbocycles. The van der Waals surface area contributed by atoms with Crippen LogP contribution in [0.3, 0.4) is 0 Å². The third-order valence-electron chi connectivity index (χ3n) is 3.79. The van der Waals surface area contributed by atoms with E-state index in [-0.39, 0.29) is 37.3 Å². The molecule has 0 radical (unpaired) electrons. The predicted octanol–water partition coefficient (Wildman–Crippen LogP) is 2.43. The Morgan fingerprint density at radius 2 is 1.84 bits per heavy atom. The van der Waals surface area contributed by atoms with E-state index in [1.165, 1.54) is 13.2 Å². The summed E-state index contributed by atoms with van der Waals surface area (Å²) in [6, 6.07) is 15.1. The van der Waals surface area contributed by atoms with Crippen LogP contribution in [0.4, 0.5) is 4.39 Å².